The van der Waals surface area contributed by atoms with Crippen LogP contribution in [0.5, 0.6) is 0 Å². The third-order valence-electron chi connectivity index (χ3n) is 4.82. The van der Waals surface area contributed by atoms with E-state index in [1.807, 2.05) is 10.8 Å². The third-order valence-corrected chi connectivity index (χ3v) is 6.91. The summed E-state index contributed by atoms with van der Waals surface area (Å²) in [5, 5.41) is 12.8. The van der Waals surface area contributed by atoms with Gasteiger partial charge in [0.15, 0.2) is 20.8 Å². The number of hydrogen-bond donors (Lipinski definition) is 0. The van der Waals surface area contributed by atoms with Crippen LogP contribution in [0.15, 0.2) is 71.0 Å². The van der Waals surface area contributed by atoms with Gasteiger partial charge in [-0.2, -0.15) is 4.68 Å². The van der Waals surface area contributed by atoms with Gasteiger partial charge >= 0.3 is 0 Å². The molecule has 0 aliphatic carbocycles. The van der Waals surface area contributed by atoms with Gasteiger partial charge in [-0.05, 0) is 58.3 Å². The second-order valence-electron chi connectivity index (χ2n) is 7.39. The zero-order valence-electron chi connectivity index (χ0n) is 17.4. The third kappa shape index (κ3) is 4.70. The van der Waals surface area contributed by atoms with E-state index in [0.29, 0.717) is 23.2 Å². The van der Waals surface area contributed by atoms with Crippen molar-refractivity contribution in [2.75, 3.05) is 6.26 Å². The van der Waals surface area contributed by atoms with E-state index in [4.69, 9.17) is 0 Å². The number of benzene rings is 2. The molecular formula is C21H22N6O2S2. The molecule has 0 spiro atoms. The Bertz CT molecular complexity index is 1280. The van der Waals surface area contributed by atoms with Gasteiger partial charge in [0.05, 0.1) is 16.3 Å². The Morgan fingerprint density at radius 1 is 1.00 bits per heavy atom. The molecule has 4 aromatic rings. The Morgan fingerprint density at radius 2 is 1.68 bits per heavy atom. The quantitative estimate of drug-likeness (QED) is 0.393. The number of tetrazole rings is 1. The summed E-state index contributed by atoms with van der Waals surface area (Å²) < 4.78 is 27.0. The van der Waals surface area contributed by atoms with Crippen LogP contribution in [-0.2, 0) is 15.6 Å². The van der Waals surface area contributed by atoms with Gasteiger partial charge in [-0.3, -0.25) is 4.57 Å². The van der Waals surface area contributed by atoms with Gasteiger partial charge in [0.2, 0.25) is 0 Å². The Kier molecular flexibility index (Phi) is 5.92. The normalized spacial score (nSPS) is 11.9. The fourth-order valence-electron chi connectivity index (χ4n) is 3.07. The highest BCUT2D eigenvalue weighted by atomic mass is 32.2. The molecule has 0 aliphatic heterocycles. The second-order valence-corrected chi connectivity index (χ2v) is 10.3. The van der Waals surface area contributed by atoms with Gasteiger partial charge in [-0.25, -0.2) is 13.4 Å². The molecule has 0 bridgehead atoms. The molecular weight excluding hydrogens is 432 g/mol. The van der Waals surface area contributed by atoms with E-state index in [2.05, 4.69) is 58.6 Å². The van der Waals surface area contributed by atoms with Crippen LogP contribution in [0, 0.1) is 0 Å². The van der Waals surface area contributed by atoms with Crippen molar-refractivity contribution in [1.82, 2.24) is 29.8 Å². The second kappa shape index (κ2) is 8.64. The van der Waals surface area contributed by atoms with Gasteiger partial charge in [-0.15, -0.1) is 5.10 Å². The molecule has 8 nitrogen and oxygen atoms in total. The van der Waals surface area contributed by atoms with Crippen LogP contribution in [0.4, 0.5) is 0 Å². The van der Waals surface area contributed by atoms with Gasteiger partial charge in [-0.1, -0.05) is 37.7 Å². The minimum Gasteiger partial charge on any atom is -0.295 e. The lowest BCUT2D eigenvalue weighted by molar-refractivity contribution is 0.602. The molecule has 0 saturated carbocycles. The van der Waals surface area contributed by atoms with Crippen LogP contribution in [0.25, 0.3) is 11.4 Å². The summed E-state index contributed by atoms with van der Waals surface area (Å²) in [7, 11) is -3.25. The summed E-state index contributed by atoms with van der Waals surface area (Å²) in [6, 6.07) is 14.9. The first-order chi connectivity index (χ1) is 14.8. The number of aromatic nitrogens is 6. The molecule has 10 heteroatoms. The monoisotopic (exact) mass is 454 g/mol. The molecule has 2 heterocycles. The van der Waals surface area contributed by atoms with Gasteiger partial charge < -0.3 is 0 Å². The Balaban J connectivity index is 1.52. The lowest BCUT2D eigenvalue weighted by Crippen LogP contribution is -2.04. The molecule has 0 N–H and O–H groups in total. The summed E-state index contributed by atoms with van der Waals surface area (Å²) in [6.45, 7) is 4.35. The van der Waals surface area contributed by atoms with Crippen LogP contribution in [0.1, 0.15) is 31.2 Å². The lowest BCUT2D eigenvalue weighted by Gasteiger charge is -2.10. The minimum atomic E-state index is -3.25. The molecule has 0 unspecified atom stereocenters. The van der Waals surface area contributed by atoms with E-state index in [1.165, 1.54) is 23.6 Å². The van der Waals surface area contributed by atoms with Crippen molar-refractivity contribution in [3.05, 3.63) is 72.3 Å². The van der Waals surface area contributed by atoms with Crippen LogP contribution < -0.4 is 0 Å². The summed E-state index contributed by atoms with van der Waals surface area (Å²) in [5.41, 5.74) is 3.03. The molecule has 0 fully saturated rings. The Hall–Kier alpha value is -2.98. The molecule has 0 amide bonds. The number of imidazole rings is 1. The number of nitrogens with zero attached hydrogens (tertiary/aromatic N) is 6. The van der Waals surface area contributed by atoms with Crippen LogP contribution in [-0.4, -0.2) is 44.4 Å². The van der Waals surface area contributed by atoms with E-state index < -0.39 is 9.84 Å². The maximum atomic E-state index is 11.7. The summed E-state index contributed by atoms with van der Waals surface area (Å²) in [6.07, 6.45) is 4.88. The Morgan fingerprint density at radius 3 is 2.32 bits per heavy atom. The predicted octanol–water partition coefficient (Wildman–Crippen LogP) is 3.67. The maximum absolute atomic E-state index is 11.7. The highest BCUT2D eigenvalue weighted by Crippen LogP contribution is 2.25. The van der Waals surface area contributed by atoms with Gasteiger partial charge in [0, 0.05) is 24.3 Å². The number of sulfone groups is 1. The maximum Gasteiger partial charge on any atom is 0.175 e. The summed E-state index contributed by atoms with van der Waals surface area (Å²) in [4.78, 5) is 4.73. The predicted molar refractivity (Wildman–Crippen MR) is 119 cm³/mol. The van der Waals surface area contributed by atoms with E-state index in [-0.39, 0.29) is 4.90 Å². The smallest absolute Gasteiger partial charge is 0.175 e. The van der Waals surface area contributed by atoms with Crippen molar-refractivity contribution in [2.24, 2.45) is 0 Å². The average molecular weight is 455 g/mol. The molecule has 2 aromatic heterocycles. The SMILES string of the molecule is CC(C)c1ccc(-n2ccnc2SCc2nnnn2-c2ccc(S(C)(=O)=O)cc2)cc1. The fourth-order valence-corrected chi connectivity index (χ4v) is 4.58. The number of hydrogen-bond acceptors (Lipinski definition) is 7. The summed E-state index contributed by atoms with van der Waals surface area (Å²) >= 11 is 1.53. The van der Waals surface area contributed by atoms with E-state index >= 15 is 0 Å². The molecule has 0 radical (unpaired) electrons. The minimum absolute atomic E-state index is 0.255. The first kappa shape index (κ1) is 21.3. The average Bonchev–Trinajstić information content (AvgIpc) is 3.41. The fraction of sp³-hybridized carbons (Fsp3) is 0.238. The number of thioether (sulfide) groups is 1. The zero-order valence-corrected chi connectivity index (χ0v) is 19.0. The van der Waals surface area contributed by atoms with Crippen molar-refractivity contribution in [2.45, 2.75) is 35.6 Å². The van der Waals surface area contributed by atoms with Crippen molar-refractivity contribution in [1.29, 1.82) is 0 Å². The van der Waals surface area contributed by atoms with E-state index in [1.54, 1.807) is 35.1 Å². The van der Waals surface area contributed by atoms with Gasteiger partial charge in [0.1, 0.15) is 0 Å². The standard InChI is InChI=1S/C21H22N6O2S2/c1-15(2)16-4-6-17(7-5-16)26-13-12-22-21(26)30-14-20-23-24-25-27(20)18-8-10-19(11-9-18)31(3,28)29/h4-13,15H,14H2,1-3H3. The number of rotatable bonds is 7. The topological polar surface area (TPSA) is 95.6 Å². The van der Waals surface area contributed by atoms with E-state index in [9.17, 15) is 8.42 Å². The first-order valence-corrected chi connectivity index (χ1v) is 12.5. The highest BCUT2D eigenvalue weighted by molar-refractivity contribution is 7.98. The lowest BCUT2D eigenvalue weighted by atomic mass is 10.0. The largest absolute Gasteiger partial charge is 0.295 e. The van der Waals surface area contributed by atoms with Crippen molar-refractivity contribution in [3.63, 3.8) is 0 Å². The van der Waals surface area contributed by atoms with Crippen molar-refractivity contribution >= 4 is 21.6 Å². The summed E-state index contributed by atoms with van der Waals surface area (Å²) in [5.74, 6) is 1.62. The van der Waals surface area contributed by atoms with E-state index in [0.717, 1.165) is 10.8 Å². The van der Waals surface area contributed by atoms with Crippen LogP contribution in [0.3, 0.4) is 0 Å². The molecule has 31 heavy (non-hydrogen) atoms. The first-order valence-electron chi connectivity index (χ1n) is 9.67. The highest BCUT2D eigenvalue weighted by Gasteiger charge is 2.13. The Labute approximate surface area is 185 Å². The van der Waals surface area contributed by atoms with Crippen LogP contribution >= 0.6 is 11.8 Å². The van der Waals surface area contributed by atoms with Gasteiger partial charge in [0.25, 0.3) is 0 Å². The molecule has 0 atom stereocenters. The molecule has 0 aliphatic rings. The van der Waals surface area contributed by atoms with Crippen LogP contribution in [0.2, 0.25) is 0 Å². The zero-order chi connectivity index (χ0) is 22.0. The molecule has 4 rings (SSSR count). The molecule has 2 aromatic carbocycles. The van der Waals surface area contributed by atoms with Crippen molar-refractivity contribution in [3.8, 4) is 11.4 Å². The molecule has 0 saturated heterocycles. The molecule has 160 valence electrons. The van der Waals surface area contributed by atoms with Crippen molar-refractivity contribution < 1.29 is 8.42 Å².